The largest absolute Gasteiger partial charge is 0.508 e. The van der Waals surface area contributed by atoms with Crippen LogP contribution in [-0.4, -0.2) is 44.7 Å². The molecule has 0 aliphatic carbocycles. The maximum absolute atomic E-state index is 9.62. The molecule has 0 radical (unpaired) electrons. The minimum atomic E-state index is 0.300. The number of rotatable bonds is 8. The number of fused-ring (bicyclic) bond motifs is 1. The molecule has 0 unspecified atom stereocenters. The van der Waals surface area contributed by atoms with Gasteiger partial charge >= 0.3 is 0 Å². The highest BCUT2D eigenvalue weighted by Gasteiger charge is 2.13. The summed E-state index contributed by atoms with van der Waals surface area (Å²) in [4.78, 5) is 6.97. The molecule has 160 valence electrons. The lowest BCUT2D eigenvalue weighted by molar-refractivity contribution is 0.325. The number of halogens is 2. The number of nitrogens with one attached hydrogen (secondary N) is 1. The zero-order valence-corrected chi connectivity index (χ0v) is 19.4. The fraction of sp³-hybridized carbons (Fsp3) is 0.217. The highest BCUT2D eigenvalue weighted by atomic mass is 79.9. The summed E-state index contributed by atoms with van der Waals surface area (Å²) in [5.41, 5.74) is 3.51. The van der Waals surface area contributed by atoms with Gasteiger partial charge in [0.25, 0.3) is 0 Å². The molecule has 4 rings (SSSR count). The molecular weight excluding hydrogens is 478 g/mol. The van der Waals surface area contributed by atoms with Crippen molar-refractivity contribution < 1.29 is 5.11 Å². The van der Waals surface area contributed by atoms with E-state index in [9.17, 15) is 5.11 Å². The van der Waals surface area contributed by atoms with Crippen LogP contribution in [-0.2, 0) is 6.54 Å². The Balaban J connectivity index is 1.44. The van der Waals surface area contributed by atoms with Crippen LogP contribution in [0.1, 0.15) is 12.0 Å². The van der Waals surface area contributed by atoms with E-state index < -0.39 is 0 Å². The molecule has 31 heavy (non-hydrogen) atoms. The van der Waals surface area contributed by atoms with Crippen molar-refractivity contribution in [1.29, 1.82) is 0 Å². The molecule has 0 aliphatic rings. The third kappa shape index (κ3) is 5.18. The van der Waals surface area contributed by atoms with Crippen LogP contribution in [0, 0.1) is 0 Å². The second-order valence-corrected chi connectivity index (χ2v) is 8.68. The quantitative estimate of drug-likeness (QED) is 0.315. The lowest BCUT2D eigenvalue weighted by Crippen LogP contribution is -2.21. The third-order valence-corrected chi connectivity index (χ3v) is 5.85. The van der Waals surface area contributed by atoms with E-state index in [1.165, 1.54) is 0 Å². The SMILES string of the molecule is CN(CCCNc1cc(-c2ccccc2Cl)nc2c(Br)cnn12)Cc1cccc(O)c1. The van der Waals surface area contributed by atoms with Gasteiger partial charge in [0.05, 0.1) is 16.4 Å². The first-order valence-corrected chi connectivity index (χ1v) is 11.2. The molecule has 0 saturated carbocycles. The van der Waals surface area contributed by atoms with E-state index in [2.05, 4.69) is 38.3 Å². The molecule has 2 aromatic heterocycles. The minimum absolute atomic E-state index is 0.300. The molecule has 4 aromatic rings. The summed E-state index contributed by atoms with van der Waals surface area (Å²) in [5.74, 6) is 1.16. The molecule has 2 aromatic carbocycles. The van der Waals surface area contributed by atoms with Crippen LogP contribution in [0.3, 0.4) is 0 Å². The highest BCUT2D eigenvalue weighted by Crippen LogP contribution is 2.30. The molecule has 0 spiro atoms. The van der Waals surface area contributed by atoms with Crippen LogP contribution in [0.2, 0.25) is 5.02 Å². The van der Waals surface area contributed by atoms with Crippen LogP contribution in [0.4, 0.5) is 5.82 Å². The number of benzene rings is 2. The van der Waals surface area contributed by atoms with Crippen molar-refractivity contribution in [3.05, 3.63) is 75.9 Å². The summed E-state index contributed by atoms with van der Waals surface area (Å²) < 4.78 is 2.62. The number of aromatic hydroxyl groups is 1. The van der Waals surface area contributed by atoms with Gasteiger partial charge in [-0.05, 0) is 59.7 Å². The second kappa shape index (κ2) is 9.68. The molecule has 0 amide bonds. The summed E-state index contributed by atoms with van der Waals surface area (Å²) in [6.45, 7) is 2.48. The van der Waals surface area contributed by atoms with Crippen molar-refractivity contribution in [3.8, 4) is 17.0 Å². The Hall–Kier alpha value is -2.61. The van der Waals surface area contributed by atoms with Gasteiger partial charge in [0.1, 0.15) is 11.6 Å². The smallest absolute Gasteiger partial charge is 0.172 e. The molecule has 2 N–H and O–H groups in total. The van der Waals surface area contributed by atoms with Crippen LogP contribution in [0.25, 0.3) is 16.9 Å². The lowest BCUT2D eigenvalue weighted by atomic mass is 10.1. The van der Waals surface area contributed by atoms with Gasteiger partial charge in [-0.3, -0.25) is 0 Å². The van der Waals surface area contributed by atoms with E-state index in [4.69, 9.17) is 16.6 Å². The first-order chi connectivity index (χ1) is 15.0. The van der Waals surface area contributed by atoms with Crippen molar-refractivity contribution in [1.82, 2.24) is 19.5 Å². The van der Waals surface area contributed by atoms with Crippen molar-refractivity contribution in [2.75, 3.05) is 25.5 Å². The second-order valence-electron chi connectivity index (χ2n) is 7.42. The van der Waals surface area contributed by atoms with Gasteiger partial charge in [-0.15, -0.1) is 0 Å². The zero-order valence-electron chi connectivity index (χ0n) is 17.1. The fourth-order valence-corrected chi connectivity index (χ4v) is 4.06. The van der Waals surface area contributed by atoms with E-state index in [1.807, 2.05) is 42.5 Å². The van der Waals surface area contributed by atoms with Crippen molar-refractivity contribution in [3.63, 3.8) is 0 Å². The van der Waals surface area contributed by atoms with E-state index >= 15 is 0 Å². The molecule has 0 atom stereocenters. The van der Waals surface area contributed by atoms with Gasteiger partial charge in [-0.2, -0.15) is 9.61 Å². The molecule has 0 aliphatic heterocycles. The van der Waals surface area contributed by atoms with E-state index in [0.29, 0.717) is 10.8 Å². The van der Waals surface area contributed by atoms with Crippen LogP contribution in [0.5, 0.6) is 5.75 Å². The van der Waals surface area contributed by atoms with Crippen LogP contribution >= 0.6 is 27.5 Å². The molecule has 2 heterocycles. The predicted molar refractivity (Wildman–Crippen MR) is 129 cm³/mol. The highest BCUT2D eigenvalue weighted by molar-refractivity contribution is 9.10. The number of aromatic nitrogens is 3. The Kier molecular flexibility index (Phi) is 6.75. The number of phenolic OH excluding ortho intramolecular Hbond substituents is 1. The van der Waals surface area contributed by atoms with Crippen LogP contribution in [0.15, 0.2) is 65.3 Å². The van der Waals surface area contributed by atoms with E-state index in [-0.39, 0.29) is 0 Å². The summed E-state index contributed by atoms with van der Waals surface area (Å²) in [5, 5.41) is 18.2. The fourth-order valence-electron chi connectivity index (χ4n) is 3.48. The summed E-state index contributed by atoms with van der Waals surface area (Å²) in [6, 6.07) is 17.0. The average molecular weight is 501 g/mol. The van der Waals surface area contributed by atoms with Crippen molar-refractivity contribution >= 4 is 39.0 Å². The van der Waals surface area contributed by atoms with Crippen LogP contribution < -0.4 is 5.32 Å². The van der Waals surface area contributed by atoms with Crippen molar-refractivity contribution in [2.45, 2.75) is 13.0 Å². The molecule has 0 fully saturated rings. The monoisotopic (exact) mass is 499 g/mol. The summed E-state index contributed by atoms with van der Waals surface area (Å²) in [7, 11) is 2.08. The minimum Gasteiger partial charge on any atom is -0.508 e. The Morgan fingerprint density at radius 1 is 1.16 bits per heavy atom. The Bertz CT molecular complexity index is 1200. The van der Waals surface area contributed by atoms with Crippen molar-refractivity contribution in [2.24, 2.45) is 0 Å². The maximum atomic E-state index is 9.62. The molecule has 0 bridgehead atoms. The molecule has 0 saturated heterocycles. The first-order valence-electron chi connectivity index (χ1n) is 10.0. The number of phenols is 1. The molecule has 8 heteroatoms. The topological polar surface area (TPSA) is 65.7 Å². The van der Waals surface area contributed by atoms with Gasteiger partial charge in [0, 0.05) is 29.7 Å². The number of anilines is 1. The number of hydrogen-bond donors (Lipinski definition) is 2. The third-order valence-electron chi connectivity index (χ3n) is 4.96. The Morgan fingerprint density at radius 3 is 2.81 bits per heavy atom. The van der Waals surface area contributed by atoms with Gasteiger partial charge in [0.15, 0.2) is 5.65 Å². The number of nitrogens with zero attached hydrogens (tertiary/aromatic N) is 4. The number of hydrogen-bond acceptors (Lipinski definition) is 5. The van der Waals surface area contributed by atoms with E-state index in [1.54, 1.807) is 22.8 Å². The first kappa shape index (κ1) is 21.6. The normalized spacial score (nSPS) is 11.4. The van der Waals surface area contributed by atoms with Gasteiger partial charge in [0.2, 0.25) is 0 Å². The Labute approximate surface area is 194 Å². The zero-order chi connectivity index (χ0) is 21.8. The average Bonchev–Trinajstić information content (AvgIpc) is 3.12. The Morgan fingerprint density at radius 2 is 2.00 bits per heavy atom. The van der Waals surface area contributed by atoms with Gasteiger partial charge < -0.3 is 15.3 Å². The molecule has 6 nitrogen and oxygen atoms in total. The standard InChI is InChI=1S/C23H23BrClN5O/c1-29(15-16-6-4-7-17(31)12-16)11-5-10-26-22-13-21(18-8-2-3-9-20(18)25)28-23-19(24)14-27-30(22)23/h2-4,6-9,12-14,26,31H,5,10-11,15H2,1H3. The lowest BCUT2D eigenvalue weighted by Gasteiger charge is -2.17. The predicted octanol–water partition coefficient (Wildman–Crippen LogP) is 5.45. The van der Waals surface area contributed by atoms with Gasteiger partial charge in [-0.1, -0.05) is 41.9 Å². The van der Waals surface area contributed by atoms with E-state index in [0.717, 1.165) is 58.8 Å². The van der Waals surface area contributed by atoms with Gasteiger partial charge in [-0.25, -0.2) is 4.98 Å². The summed E-state index contributed by atoms with van der Waals surface area (Å²) in [6.07, 6.45) is 2.69. The maximum Gasteiger partial charge on any atom is 0.172 e. The molecular formula is C23H23BrClN5O. The summed E-state index contributed by atoms with van der Waals surface area (Å²) >= 11 is 9.93.